The lowest BCUT2D eigenvalue weighted by Gasteiger charge is -2.30. The van der Waals surface area contributed by atoms with E-state index in [-0.39, 0.29) is 17.1 Å². The maximum absolute atomic E-state index is 15.5. The number of aromatic nitrogens is 2. The first-order valence-corrected chi connectivity index (χ1v) is 14.1. The monoisotopic (exact) mass is 672 g/mol. The van der Waals surface area contributed by atoms with Gasteiger partial charge in [-0.1, -0.05) is 12.1 Å². The van der Waals surface area contributed by atoms with Gasteiger partial charge in [0.25, 0.3) is 0 Å². The van der Waals surface area contributed by atoms with Gasteiger partial charge in [0.2, 0.25) is 0 Å². The van der Waals surface area contributed by atoms with Crippen LogP contribution in [0, 0.1) is 18.2 Å². The second-order valence-corrected chi connectivity index (χ2v) is 12.9. The molecular weight excluding hydrogens is 636 g/mol. The van der Waals surface area contributed by atoms with Crippen molar-refractivity contribution < 1.29 is 27.8 Å². The van der Waals surface area contributed by atoms with E-state index in [9.17, 15) is 13.9 Å². The maximum Gasteiger partial charge on any atom is 0.303 e. The normalized spacial score (nSPS) is 16.6. The number of aliphatic hydroxyl groups is 1. The summed E-state index contributed by atoms with van der Waals surface area (Å²) < 4.78 is 59.4. The lowest BCUT2D eigenvalue weighted by Crippen LogP contribution is -2.41. The molecule has 4 rings (SSSR count). The van der Waals surface area contributed by atoms with Crippen LogP contribution in [-0.4, -0.2) is 50.6 Å². The predicted octanol–water partition coefficient (Wildman–Crippen LogP) is 6.95. The highest BCUT2D eigenvalue weighted by atomic mass is 127. The van der Waals surface area contributed by atoms with Crippen molar-refractivity contribution in [3.8, 4) is 11.5 Å². The molecule has 0 aliphatic heterocycles. The van der Waals surface area contributed by atoms with E-state index < -0.39 is 28.9 Å². The van der Waals surface area contributed by atoms with Gasteiger partial charge in [0, 0.05) is 51.8 Å². The van der Waals surface area contributed by atoms with Gasteiger partial charge in [0.1, 0.15) is 29.2 Å². The molecule has 1 unspecified atom stereocenters. The van der Waals surface area contributed by atoms with Gasteiger partial charge in [0.15, 0.2) is 11.5 Å². The summed E-state index contributed by atoms with van der Waals surface area (Å²) in [6.07, 6.45) is 2.06. The van der Waals surface area contributed by atoms with Crippen molar-refractivity contribution in [2.45, 2.75) is 71.1 Å². The summed E-state index contributed by atoms with van der Waals surface area (Å²) in [7, 11) is 3.60. The van der Waals surface area contributed by atoms with Gasteiger partial charge in [-0.15, -0.1) is 0 Å². The summed E-state index contributed by atoms with van der Waals surface area (Å²) in [4.78, 5) is 9.09. The predicted molar refractivity (Wildman–Crippen MR) is 158 cm³/mol. The van der Waals surface area contributed by atoms with Crippen LogP contribution < -0.4 is 14.8 Å². The molecule has 3 aromatic rings. The number of hydrogen-bond acceptors (Lipinski definition) is 7. The summed E-state index contributed by atoms with van der Waals surface area (Å²) in [6.45, 7) is 8.26. The first-order chi connectivity index (χ1) is 18.6. The van der Waals surface area contributed by atoms with Crippen LogP contribution in [-0.2, 0) is 5.92 Å². The first kappa shape index (κ1) is 30.6. The highest BCUT2D eigenvalue weighted by Gasteiger charge is 2.50. The standard InChI is InChI=1S/C29H36F3IN4O3/c1-16(19-9-8-10-21(25(19)30)29(31,32)27(4,5)38)34-26-20-13-24(23(39-7)14-22(20)35-18(3)36-26)40-17(2)28(11-12-28)15-37(6)33/h8-10,13-14,16-17,38H,11-12,15H2,1-7H3,(H,34,35,36)/t16-,17?/m1/s1. The van der Waals surface area contributed by atoms with E-state index in [4.69, 9.17) is 9.47 Å². The molecule has 1 aliphatic carbocycles. The van der Waals surface area contributed by atoms with Crippen LogP contribution in [0.1, 0.15) is 63.5 Å². The second-order valence-electron chi connectivity index (χ2n) is 11.2. The molecule has 0 radical (unpaired) electrons. The summed E-state index contributed by atoms with van der Waals surface area (Å²) in [5.74, 6) is -2.94. The van der Waals surface area contributed by atoms with Crippen molar-refractivity contribution in [1.29, 1.82) is 0 Å². The van der Waals surface area contributed by atoms with E-state index in [1.165, 1.54) is 12.1 Å². The number of rotatable bonds is 11. The largest absolute Gasteiger partial charge is 0.493 e. The molecule has 7 nitrogen and oxygen atoms in total. The minimum Gasteiger partial charge on any atom is -0.493 e. The number of methoxy groups -OCH3 is 1. The van der Waals surface area contributed by atoms with Crippen molar-refractivity contribution in [2.24, 2.45) is 5.41 Å². The van der Waals surface area contributed by atoms with Crippen LogP contribution in [0.15, 0.2) is 30.3 Å². The lowest BCUT2D eigenvalue weighted by molar-refractivity contribution is -0.170. The molecule has 0 bridgehead atoms. The van der Waals surface area contributed by atoms with Crippen molar-refractivity contribution in [3.63, 3.8) is 0 Å². The molecule has 40 heavy (non-hydrogen) atoms. The van der Waals surface area contributed by atoms with Crippen LogP contribution in [0.4, 0.5) is 19.0 Å². The van der Waals surface area contributed by atoms with Gasteiger partial charge in [-0.05, 0) is 66.6 Å². The summed E-state index contributed by atoms with van der Waals surface area (Å²) >= 11 is 2.28. The average Bonchev–Trinajstić information content (AvgIpc) is 3.63. The Bertz CT molecular complexity index is 1390. The molecule has 1 heterocycles. The van der Waals surface area contributed by atoms with E-state index >= 15 is 4.39 Å². The number of aryl methyl sites for hydroxylation is 1. The molecule has 11 heteroatoms. The van der Waals surface area contributed by atoms with E-state index in [0.29, 0.717) is 34.0 Å². The molecule has 1 aliphatic rings. The minimum absolute atomic E-state index is 0.0167. The smallest absolute Gasteiger partial charge is 0.303 e. The number of benzene rings is 2. The zero-order chi connectivity index (χ0) is 29.6. The zero-order valence-electron chi connectivity index (χ0n) is 23.8. The highest BCUT2D eigenvalue weighted by molar-refractivity contribution is 14.1. The summed E-state index contributed by atoms with van der Waals surface area (Å²) in [5.41, 5.74) is -2.64. The number of nitrogens with zero attached hydrogens (tertiary/aromatic N) is 3. The molecule has 1 saturated carbocycles. The van der Waals surface area contributed by atoms with E-state index in [2.05, 4.69) is 48.2 Å². The first-order valence-electron chi connectivity index (χ1n) is 13.1. The molecule has 218 valence electrons. The van der Waals surface area contributed by atoms with Crippen LogP contribution in [0.5, 0.6) is 11.5 Å². The average molecular weight is 673 g/mol. The van der Waals surface area contributed by atoms with E-state index in [1.54, 1.807) is 33.1 Å². The molecule has 2 atom stereocenters. The third-order valence-corrected chi connectivity index (χ3v) is 7.98. The molecule has 0 spiro atoms. The SMILES string of the molecule is COc1cc2nc(C)nc(N[C@H](C)c3cccc(C(F)(F)C(C)(C)O)c3F)c2cc1OC(C)C1(CN(C)I)CC1. The Kier molecular flexibility index (Phi) is 8.51. The van der Waals surface area contributed by atoms with Crippen molar-refractivity contribution in [2.75, 3.05) is 26.0 Å². The van der Waals surface area contributed by atoms with Crippen LogP contribution in [0.2, 0.25) is 0 Å². The van der Waals surface area contributed by atoms with Crippen LogP contribution >= 0.6 is 22.9 Å². The molecule has 0 amide bonds. The molecule has 0 saturated heterocycles. The minimum atomic E-state index is -3.80. The van der Waals surface area contributed by atoms with E-state index in [1.807, 2.05) is 7.05 Å². The highest BCUT2D eigenvalue weighted by Crippen LogP contribution is 2.51. The van der Waals surface area contributed by atoms with Gasteiger partial charge in [0.05, 0.1) is 24.2 Å². The Morgan fingerprint density at radius 1 is 1.18 bits per heavy atom. The van der Waals surface area contributed by atoms with Crippen LogP contribution in [0.3, 0.4) is 0 Å². The maximum atomic E-state index is 15.5. The second kappa shape index (κ2) is 11.1. The Balaban J connectivity index is 1.71. The Hall–Kier alpha value is -2.38. The quantitative estimate of drug-likeness (QED) is 0.169. The van der Waals surface area contributed by atoms with Crippen molar-refractivity contribution in [1.82, 2.24) is 13.1 Å². The Morgan fingerprint density at radius 2 is 1.85 bits per heavy atom. The fourth-order valence-corrected chi connectivity index (χ4v) is 5.64. The number of alkyl halides is 2. The van der Waals surface area contributed by atoms with Gasteiger partial charge in [-0.2, -0.15) is 8.78 Å². The molecule has 2 aromatic carbocycles. The Labute approximate surface area is 247 Å². The van der Waals surface area contributed by atoms with Gasteiger partial charge in [-0.25, -0.2) is 17.5 Å². The fraction of sp³-hybridized carbons (Fsp3) is 0.517. The molecule has 2 N–H and O–H groups in total. The lowest BCUT2D eigenvalue weighted by atomic mass is 9.91. The third kappa shape index (κ3) is 5.96. The number of fused-ring (bicyclic) bond motifs is 1. The molecular formula is C29H36F3IN4O3. The molecule has 1 aromatic heterocycles. The summed E-state index contributed by atoms with van der Waals surface area (Å²) in [6, 6.07) is 6.62. The van der Waals surface area contributed by atoms with Crippen molar-refractivity contribution in [3.05, 3.63) is 53.1 Å². The number of anilines is 1. The third-order valence-electron chi connectivity index (χ3n) is 7.64. The number of halogens is 4. The van der Waals surface area contributed by atoms with Crippen molar-refractivity contribution >= 4 is 39.6 Å². The molecule has 1 fully saturated rings. The van der Waals surface area contributed by atoms with Gasteiger partial charge < -0.3 is 19.9 Å². The fourth-order valence-electron chi connectivity index (χ4n) is 4.96. The van der Waals surface area contributed by atoms with Crippen LogP contribution in [0.25, 0.3) is 10.9 Å². The summed E-state index contributed by atoms with van der Waals surface area (Å²) in [5, 5.41) is 13.8. The van der Waals surface area contributed by atoms with Gasteiger partial charge in [-0.3, -0.25) is 0 Å². The van der Waals surface area contributed by atoms with Gasteiger partial charge >= 0.3 is 5.92 Å². The number of hydrogen-bond donors (Lipinski definition) is 2. The number of nitrogens with one attached hydrogen (secondary N) is 1. The topological polar surface area (TPSA) is 79.7 Å². The number of ether oxygens (including phenoxy) is 2. The zero-order valence-corrected chi connectivity index (χ0v) is 25.9. The van der Waals surface area contributed by atoms with E-state index in [0.717, 1.165) is 39.3 Å². The Morgan fingerprint density at radius 3 is 2.42 bits per heavy atom.